The number of piperidine rings is 1. The fraction of sp³-hybridized carbons (Fsp3) is 1.00. The number of nitrogens with one attached hydrogen (secondary N) is 1. The third kappa shape index (κ3) is 3.72. The lowest BCUT2D eigenvalue weighted by molar-refractivity contribution is 0.0493. The zero-order valence-corrected chi connectivity index (χ0v) is 10.6. The van der Waals surface area contributed by atoms with E-state index in [-0.39, 0.29) is 0 Å². The Hall–Kier alpha value is -0.120. The van der Waals surface area contributed by atoms with Crippen LogP contribution in [0.5, 0.6) is 0 Å². The number of hydrogen-bond acceptors (Lipinski definition) is 3. The van der Waals surface area contributed by atoms with Crippen molar-refractivity contribution in [3.8, 4) is 0 Å². The smallest absolute Gasteiger partial charge is 0.0699 e. The SMILES string of the molecule is CCC1CN(CC2CCCNC2)CCCO1. The van der Waals surface area contributed by atoms with Crippen molar-refractivity contribution in [3.63, 3.8) is 0 Å². The third-order valence-corrected chi connectivity index (χ3v) is 3.80. The van der Waals surface area contributed by atoms with E-state index < -0.39 is 0 Å². The topological polar surface area (TPSA) is 24.5 Å². The number of ether oxygens (including phenoxy) is 1. The summed E-state index contributed by atoms with van der Waals surface area (Å²) >= 11 is 0. The first-order valence-corrected chi connectivity index (χ1v) is 6.93. The summed E-state index contributed by atoms with van der Waals surface area (Å²) in [5, 5.41) is 3.51. The number of hydrogen-bond donors (Lipinski definition) is 1. The van der Waals surface area contributed by atoms with Gasteiger partial charge in [0.25, 0.3) is 0 Å². The molecule has 1 N–H and O–H groups in total. The largest absolute Gasteiger partial charge is 0.377 e. The average molecular weight is 226 g/mol. The minimum atomic E-state index is 0.471. The van der Waals surface area contributed by atoms with Crippen molar-refractivity contribution in [2.45, 2.75) is 38.7 Å². The molecular weight excluding hydrogens is 200 g/mol. The van der Waals surface area contributed by atoms with Crippen LogP contribution in [0, 0.1) is 5.92 Å². The van der Waals surface area contributed by atoms with Crippen LogP contribution in [0.1, 0.15) is 32.6 Å². The zero-order chi connectivity index (χ0) is 11.2. The van der Waals surface area contributed by atoms with Gasteiger partial charge in [0.1, 0.15) is 0 Å². The quantitative estimate of drug-likeness (QED) is 0.789. The summed E-state index contributed by atoms with van der Waals surface area (Å²) in [5.41, 5.74) is 0. The fourth-order valence-corrected chi connectivity index (χ4v) is 2.83. The van der Waals surface area contributed by atoms with E-state index in [0.29, 0.717) is 6.10 Å². The van der Waals surface area contributed by atoms with Crippen molar-refractivity contribution >= 4 is 0 Å². The van der Waals surface area contributed by atoms with Crippen LogP contribution in [-0.2, 0) is 4.74 Å². The van der Waals surface area contributed by atoms with Gasteiger partial charge in [0.2, 0.25) is 0 Å². The Bertz CT molecular complexity index is 192. The molecule has 0 spiro atoms. The van der Waals surface area contributed by atoms with Crippen molar-refractivity contribution in [2.24, 2.45) is 5.92 Å². The van der Waals surface area contributed by atoms with Crippen LogP contribution < -0.4 is 5.32 Å². The van der Waals surface area contributed by atoms with Crippen LogP contribution in [0.2, 0.25) is 0 Å². The molecule has 3 nitrogen and oxygen atoms in total. The summed E-state index contributed by atoms with van der Waals surface area (Å²) in [4.78, 5) is 2.62. The number of nitrogens with zero attached hydrogens (tertiary/aromatic N) is 1. The standard InChI is InChI=1S/C13H26N2O/c1-2-13-11-15(7-4-8-16-13)10-12-5-3-6-14-9-12/h12-14H,2-11H2,1H3. The van der Waals surface area contributed by atoms with Gasteiger partial charge in [-0.3, -0.25) is 0 Å². The highest BCUT2D eigenvalue weighted by Gasteiger charge is 2.21. The van der Waals surface area contributed by atoms with Crippen LogP contribution in [0.15, 0.2) is 0 Å². The monoisotopic (exact) mass is 226 g/mol. The molecule has 2 saturated heterocycles. The van der Waals surface area contributed by atoms with Crippen molar-refractivity contribution in [2.75, 3.05) is 39.3 Å². The lowest BCUT2D eigenvalue weighted by atomic mass is 9.99. The van der Waals surface area contributed by atoms with E-state index in [1.807, 2.05) is 0 Å². The van der Waals surface area contributed by atoms with E-state index >= 15 is 0 Å². The molecule has 0 aromatic rings. The van der Waals surface area contributed by atoms with Gasteiger partial charge in [-0.2, -0.15) is 0 Å². The molecule has 2 heterocycles. The van der Waals surface area contributed by atoms with Crippen molar-refractivity contribution in [1.82, 2.24) is 10.2 Å². The first kappa shape index (κ1) is 12.3. The predicted octanol–water partition coefficient (Wildman–Crippen LogP) is 1.49. The van der Waals surface area contributed by atoms with Crippen molar-refractivity contribution < 1.29 is 4.74 Å². The van der Waals surface area contributed by atoms with Gasteiger partial charge in [-0.05, 0) is 44.7 Å². The zero-order valence-electron chi connectivity index (χ0n) is 10.6. The molecule has 2 fully saturated rings. The Morgan fingerprint density at radius 3 is 3.06 bits per heavy atom. The van der Waals surface area contributed by atoms with Gasteiger partial charge in [0.15, 0.2) is 0 Å². The molecule has 0 bridgehead atoms. The molecule has 2 unspecified atom stereocenters. The van der Waals surface area contributed by atoms with E-state index in [2.05, 4.69) is 17.1 Å². The fourth-order valence-electron chi connectivity index (χ4n) is 2.83. The Balaban J connectivity index is 1.77. The van der Waals surface area contributed by atoms with Crippen LogP contribution in [-0.4, -0.2) is 50.3 Å². The summed E-state index contributed by atoms with van der Waals surface area (Å²) < 4.78 is 5.81. The van der Waals surface area contributed by atoms with E-state index in [1.54, 1.807) is 0 Å². The molecule has 2 aliphatic rings. The van der Waals surface area contributed by atoms with Gasteiger partial charge in [-0.25, -0.2) is 0 Å². The normalized spacial score (nSPS) is 33.6. The van der Waals surface area contributed by atoms with E-state index in [9.17, 15) is 0 Å². The molecular formula is C13H26N2O. The molecule has 3 heteroatoms. The molecule has 2 atom stereocenters. The second kappa shape index (κ2) is 6.58. The Labute approximate surface area is 99.5 Å². The molecule has 16 heavy (non-hydrogen) atoms. The molecule has 0 radical (unpaired) electrons. The van der Waals surface area contributed by atoms with Gasteiger partial charge in [-0.1, -0.05) is 6.92 Å². The molecule has 2 rings (SSSR count). The van der Waals surface area contributed by atoms with Crippen LogP contribution in [0.4, 0.5) is 0 Å². The first-order chi connectivity index (χ1) is 7.88. The molecule has 94 valence electrons. The highest BCUT2D eigenvalue weighted by Crippen LogP contribution is 2.15. The lowest BCUT2D eigenvalue weighted by Gasteiger charge is -2.30. The highest BCUT2D eigenvalue weighted by atomic mass is 16.5. The lowest BCUT2D eigenvalue weighted by Crippen LogP contribution is -2.40. The molecule has 2 aliphatic heterocycles. The molecule has 0 aliphatic carbocycles. The molecule has 0 amide bonds. The maximum atomic E-state index is 5.81. The van der Waals surface area contributed by atoms with Gasteiger partial charge >= 0.3 is 0 Å². The van der Waals surface area contributed by atoms with Crippen molar-refractivity contribution in [3.05, 3.63) is 0 Å². The first-order valence-electron chi connectivity index (χ1n) is 6.93. The highest BCUT2D eigenvalue weighted by molar-refractivity contribution is 4.76. The van der Waals surface area contributed by atoms with Crippen LogP contribution in [0.25, 0.3) is 0 Å². The summed E-state index contributed by atoms with van der Waals surface area (Å²) in [7, 11) is 0. The minimum absolute atomic E-state index is 0.471. The van der Waals surface area contributed by atoms with Crippen LogP contribution >= 0.6 is 0 Å². The maximum Gasteiger partial charge on any atom is 0.0699 e. The summed E-state index contributed by atoms with van der Waals surface area (Å²) in [6.07, 6.45) is 5.59. The summed E-state index contributed by atoms with van der Waals surface area (Å²) in [5.74, 6) is 0.865. The van der Waals surface area contributed by atoms with Gasteiger partial charge in [-0.15, -0.1) is 0 Å². The van der Waals surface area contributed by atoms with E-state index in [0.717, 1.165) is 25.5 Å². The minimum Gasteiger partial charge on any atom is -0.377 e. The Kier molecular flexibility index (Phi) is 5.07. The second-order valence-electron chi connectivity index (χ2n) is 5.23. The summed E-state index contributed by atoms with van der Waals surface area (Å²) in [6.45, 7) is 9.27. The third-order valence-electron chi connectivity index (χ3n) is 3.80. The van der Waals surface area contributed by atoms with Crippen LogP contribution in [0.3, 0.4) is 0 Å². The van der Waals surface area contributed by atoms with E-state index in [1.165, 1.54) is 45.4 Å². The molecule has 0 aromatic carbocycles. The Morgan fingerprint density at radius 1 is 1.38 bits per heavy atom. The van der Waals surface area contributed by atoms with Gasteiger partial charge in [0.05, 0.1) is 6.10 Å². The molecule has 0 aromatic heterocycles. The van der Waals surface area contributed by atoms with E-state index in [4.69, 9.17) is 4.74 Å². The van der Waals surface area contributed by atoms with Gasteiger partial charge in [0, 0.05) is 26.2 Å². The predicted molar refractivity (Wildman–Crippen MR) is 66.7 cm³/mol. The Morgan fingerprint density at radius 2 is 2.31 bits per heavy atom. The van der Waals surface area contributed by atoms with Crippen molar-refractivity contribution in [1.29, 1.82) is 0 Å². The number of rotatable bonds is 3. The molecule has 0 saturated carbocycles. The average Bonchev–Trinajstić information content (AvgIpc) is 2.55. The maximum absolute atomic E-state index is 5.81. The second-order valence-corrected chi connectivity index (χ2v) is 5.23. The van der Waals surface area contributed by atoms with Gasteiger partial charge < -0.3 is 15.0 Å². The summed E-state index contributed by atoms with van der Waals surface area (Å²) in [6, 6.07) is 0.